The average molecular weight is 480 g/mol. The van der Waals surface area contributed by atoms with Gasteiger partial charge in [0.15, 0.2) is 0 Å². The molecule has 0 aliphatic heterocycles. The quantitative estimate of drug-likeness (QED) is 0.297. The molecule has 0 spiro atoms. The van der Waals surface area contributed by atoms with E-state index in [2.05, 4.69) is 27.4 Å². The van der Waals surface area contributed by atoms with Crippen LogP contribution in [0.4, 0.5) is 0 Å². The molecule has 2 aromatic heterocycles. The molecule has 0 bridgehead atoms. The number of rotatable bonds is 7. The van der Waals surface area contributed by atoms with Crippen molar-refractivity contribution in [2.75, 3.05) is 7.05 Å². The molecule has 3 N–H and O–H groups in total. The van der Waals surface area contributed by atoms with Gasteiger partial charge in [-0.25, -0.2) is 4.98 Å². The fraction of sp³-hybridized carbons (Fsp3) is 0.280. The van der Waals surface area contributed by atoms with Crippen LogP contribution >= 0.6 is 10.6 Å². The highest BCUT2D eigenvalue weighted by molar-refractivity contribution is 8.24. The van der Waals surface area contributed by atoms with Crippen LogP contribution in [-0.2, 0) is 0 Å². The second-order valence-electron chi connectivity index (χ2n) is 8.40. The molecule has 4 rings (SSSR count). The lowest BCUT2D eigenvalue weighted by molar-refractivity contribution is 0.476. The molecule has 0 fully saturated rings. The molecule has 0 saturated heterocycles. The van der Waals surface area contributed by atoms with Crippen molar-refractivity contribution < 1.29 is 13.5 Å². The molecule has 8 nitrogen and oxygen atoms in total. The maximum absolute atomic E-state index is 10.4. The maximum atomic E-state index is 10.4. The molecule has 1 unspecified atom stereocenters. The van der Waals surface area contributed by atoms with Gasteiger partial charge < -0.3 is 9.73 Å². The van der Waals surface area contributed by atoms with Gasteiger partial charge in [0.1, 0.15) is 5.69 Å². The maximum Gasteiger partial charge on any atom is 0.268 e. The van der Waals surface area contributed by atoms with E-state index in [1.807, 2.05) is 50.4 Å². The Morgan fingerprint density at radius 2 is 1.50 bits per heavy atom. The van der Waals surface area contributed by atoms with E-state index in [0.717, 1.165) is 11.1 Å². The van der Waals surface area contributed by atoms with Crippen molar-refractivity contribution in [2.45, 2.75) is 43.9 Å². The van der Waals surface area contributed by atoms with Gasteiger partial charge in [-0.05, 0) is 64.6 Å². The lowest BCUT2D eigenvalue weighted by atomic mass is 10.1. The second-order valence-corrected chi connectivity index (χ2v) is 11.0. The summed E-state index contributed by atoms with van der Waals surface area (Å²) in [6.45, 7) is 7.51. The highest BCUT2D eigenvalue weighted by Gasteiger charge is 2.21. The summed E-state index contributed by atoms with van der Waals surface area (Å²) in [5.74, 6) is 0.702. The number of aryl methyl sites for hydroxylation is 1. The smallest absolute Gasteiger partial charge is 0.268 e. The van der Waals surface area contributed by atoms with Gasteiger partial charge in [0.2, 0.25) is 5.89 Å². The fourth-order valence-electron chi connectivity index (χ4n) is 3.41. The zero-order valence-electron chi connectivity index (χ0n) is 19.9. The number of benzene rings is 2. The Hall–Kier alpha value is -3.11. The first kappa shape index (κ1) is 24.0. The Balaban J connectivity index is 1.62. The predicted octanol–water partition coefficient (Wildman–Crippen LogP) is 5.97. The largest absolute Gasteiger partial charge is 0.415 e. The highest BCUT2D eigenvalue weighted by atomic mass is 32.3. The molecule has 1 atom stereocenters. The first-order chi connectivity index (χ1) is 16.2. The van der Waals surface area contributed by atoms with Crippen LogP contribution in [0.1, 0.15) is 38.1 Å². The number of hydrogen-bond acceptors (Lipinski definition) is 8. The van der Waals surface area contributed by atoms with Crippen LogP contribution in [-0.4, -0.2) is 41.6 Å². The molecule has 0 saturated carbocycles. The van der Waals surface area contributed by atoms with Crippen molar-refractivity contribution in [3.8, 4) is 34.3 Å². The van der Waals surface area contributed by atoms with Gasteiger partial charge >= 0.3 is 0 Å². The van der Waals surface area contributed by atoms with Gasteiger partial charge in [-0.3, -0.25) is 14.1 Å². The van der Waals surface area contributed by atoms with Crippen LogP contribution < -0.4 is 5.32 Å². The Labute approximate surface area is 200 Å². The summed E-state index contributed by atoms with van der Waals surface area (Å²) in [7, 11) is -0.915. The topological polar surface area (TPSA) is 117 Å². The molecule has 34 heavy (non-hydrogen) atoms. The van der Waals surface area contributed by atoms with Crippen LogP contribution in [0.3, 0.4) is 0 Å². The summed E-state index contributed by atoms with van der Waals surface area (Å²) >= 11 is 0. The van der Waals surface area contributed by atoms with Crippen molar-refractivity contribution in [1.29, 1.82) is 0 Å². The van der Waals surface area contributed by atoms with Crippen molar-refractivity contribution >= 4 is 10.6 Å². The lowest BCUT2D eigenvalue weighted by Crippen LogP contribution is -2.11. The summed E-state index contributed by atoms with van der Waals surface area (Å²) in [5, 5.41) is 11.4. The van der Waals surface area contributed by atoms with Crippen LogP contribution in [0.5, 0.6) is 0 Å². The van der Waals surface area contributed by atoms with Crippen LogP contribution in [0.15, 0.2) is 64.0 Å². The minimum absolute atomic E-state index is 0.250. The average Bonchev–Trinajstić information content (AvgIpc) is 3.34. The Morgan fingerprint density at radius 1 is 0.882 bits per heavy atom. The summed E-state index contributed by atoms with van der Waals surface area (Å²) in [5.41, 5.74) is 4.59. The van der Waals surface area contributed by atoms with Crippen molar-refractivity contribution in [2.24, 2.45) is 0 Å². The summed E-state index contributed by atoms with van der Waals surface area (Å²) < 4.78 is 26.7. The summed E-state index contributed by atoms with van der Waals surface area (Å²) in [4.78, 5) is 9.68. The molecule has 0 aliphatic carbocycles. The van der Waals surface area contributed by atoms with E-state index < -0.39 is 10.6 Å². The molecule has 9 heteroatoms. The zero-order chi connectivity index (χ0) is 24.5. The molecule has 2 aromatic carbocycles. The van der Waals surface area contributed by atoms with Crippen molar-refractivity contribution in [1.82, 2.24) is 25.5 Å². The third-order valence-electron chi connectivity index (χ3n) is 5.83. The van der Waals surface area contributed by atoms with Gasteiger partial charge in [0.05, 0.1) is 22.5 Å². The fourth-order valence-corrected chi connectivity index (χ4v) is 4.49. The van der Waals surface area contributed by atoms with E-state index in [-0.39, 0.29) is 11.3 Å². The molecule has 0 radical (unpaired) electrons. The SMILES string of the molecule is CNC(C)c1ccc(-c2nnc(-c3nc(-c4ccc(S(O)(O)C(C)C)cc4)cnc3C)o2)cc1. The second kappa shape index (κ2) is 9.63. The minimum Gasteiger partial charge on any atom is -0.415 e. The minimum atomic E-state index is -2.84. The van der Waals surface area contributed by atoms with Gasteiger partial charge in [0, 0.05) is 22.4 Å². The van der Waals surface area contributed by atoms with E-state index in [1.165, 1.54) is 5.56 Å². The van der Waals surface area contributed by atoms with E-state index in [9.17, 15) is 9.11 Å². The third-order valence-corrected chi connectivity index (χ3v) is 8.11. The number of nitrogens with one attached hydrogen (secondary N) is 1. The predicted molar refractivity (Wildman–Crippen MR) is 135 cm³/mol. The molecular weight excluding hydrogens is 450 g/mol. The van der Waals surface area contributed by atoms with Crippen LogP contribution in [0.2, 0.25) is 0 Å². The first-order valence-electron chi connectivity index (χ1n) is 11.0. The monoisotopic (exact) mass is 479 g/mol. The van der Waals surface area contributed by atoms with E-state index in [4.69, 9.17) is 9.40 Å². The van der Waals surface area contributed by atoms with Crippen LogP contribution in [0.25, 0.3) is 34.3 Å². The van der Waals surface area contributed by atoms with E-state index in [1.54, 1.807) is 32.2 Å². The molecule has 178 valence electrons. The number of hydrogen-bond donors (Lipinski definition) is 3. The number of aromatic nitrogens is 4. The summed E-state index contributed by atoms with van der Waals surface area (Å²) in [6, 6.07) is 15.3. The molecular formula is C25H29N5O3S. The van der Waals surface area contributed by atoms with E-state index in [0.29, 0.717) is 33.8 Å². The van der Waals surface area contributed by atoms with Gasteiger partial charge in [-0.2, -0.15) is 10.6 Å². The van der Waals surface area contributed by atoms with Crippen molar-refractivity contribution in [3.63, 3.8) is 0 Å². The van der Waals surface area contributed by atoms with Gasteiger partial charge in [-0.15, -0.1) is 10.2 Å². The molecule has 0 aliphatic rings. The third kappa shape index (κ3) is 4.74. The Bertz CT molecular complexity index is 1270. The number of nitrogens with zero attached hydrogens (tertiary/aromatic N) is 4. The normalized spacial score (nSPS) is 13.3. The van der Waals surface area contributed by atoms with E-state index >= 15 is 0 Å². The van der Waals surface area contributed by atoms with Crippen LogP contribution in [0, 0.1) is 6.92 Å². The van der Waals surface area contributed by atoms with Gasteiger partial charge in [-0.1, -0.05) is 24.3 Å². The first-order valence-corrected chi connectivity index (χ1v) is 12.6. The molecule has 4 aromatic rings. The standard InChI is InChI=1S/C25H29N5O3S/c1-15(2)34(31,32)21-12-10-19(11-13-21)22-14-27-17(4)23(28-22)25-30-29-24(33-25)20-8-6-18(7-9-20)16(3)26-5/h6-16,26,31-32H,1-5H3. The summed E-state index contributed by atoms with van der Waals surface area (Å²) in [6.07, 6.45) is 1.67. The van der Waals surface area contributed by atoms with Gasteiger partial charge in [0.25, 0.3) is 5.89 Å². The zero-order valence-corrected chi connectivity index (χ0v) is 20.7. The molecule has 2 heterocycles. The highest BCUT2D eigenvalue weighted by Crippen LogP contribution is 2.52. The lowest BCUT2D eigenvalue weighted by Gasteiger charge is -2.36. The Morgan fingerprint density at radius 3 is 2.12 bits per heavy atom. The Kier molecular flexibility index (Phi) is 6.81. The van der Waals surface area contributed by atoms with Crippen molar-refractivity contribution in [3.05, 3.63) is 66.0 Å². The molecule has 0 amide bonds.